The van der Waals surface area contributed by atoms with Gasteiger partial charge in [0, 0.05) is 30.7 Å². The van der Waals surface area contributed by atoms with E-state index in [1.807, 2.05) is 26.1 Å². The van der Waals surface area contributed by atoms with E-state index in [1.54, 1.807) is 32.0 Å². The average molecular weight is 482 g/mol. The van der Waals surface area contributed by atoms with Gasteiger partial charge >= 0.3 is 0 Å². The fourth-order valence-electron chi connectivity index (χ4n) is 4.87. The molecule has 2 aromatic heterocycles. The maximum atomic E-state index is 13.3. The van der Waals surface area contributed by atoms with E-state index in [2.05, 4.69) is 22.3 Å². The largest absolute Gasteiger partial charge is 0.271 e. The summed E-state index contributed by atoms with van der Waals surface area (Å²) in [6, 6.07) is 12.4. The molecule has 34 heavy (non-hydrogen) atoms. The minimum absolute atomic E-state index is 0.115. The molecule has 1 fully saturated rings. The highest BCUT2D eigenvalue weighted by atomic mass is 32.2. The van der Waals surface area contributed by atoms with Crippen molar-refractivity contribution in [3.8, 4) is 5.69 Å². The monoisotopic (exact) mass is 481 g/mol. The Hall–Kier alpha value is -3.04. The Kier molecular flexibility index (Phi) is 5.99. The second-order valence-electron chi connectivity index (χ2n) is 8.98. The van der Waals surface area contributed by atoms with Gasteiger partial charge in [-0.15, -0.1) is 0 Å². The summed E-state index contributed by atoms with van der Waals surface area (Å²) in [5.74, 6) is -0.0115. The number of benzene rings is 2. The van der Waals surface area contributed by atoms with Crippen molar-refractivity contribution < 1.29 is 12.8 Å². The highest BCUT2D eigenvalue weighted by molar-refractivity contribution is 7.89. The number of halogens is 1. The molecular formula is C25H28FN5O2S. The van der Waals surface area contributed by atoms with Crippen molar-refractivity contribution in [3.05, 3.63) is 72.4 Å². The van der Waals surface area contributed by atoms with Crippen molar-refractivity contribution in [2.45, 2.75) is 56.5 Å². The van der Waals surface area contributed by atoms with Gasteiger partial charge in [0.05, 0.1) is 23.6 Å². The highest BCUT2D eigenvalue weighted by Gasteiger charge is 2.35. The quantitative estimate of drug-likeness (QED) is 0.399. The lowest BCUT2D eigenvalue weighted by Gasteiger charge is -2.36. The lowest BCUT2D eigenvalue weighted by Crippen LogP contribution is -2.43. The topological polar surface area (TPSA) is 73.0 Å². The van der Waals surface area contributed by atoms with Crippen molar-refractivity contribution in [1.29, 1.82) is 0 Å². The Morgan fingerprint density at radius 1 is 1.09 bits per heavy atom. The molecule has 7 nitrogen and oxygen atoms in total. The van der Waals surface area contributed by atoms with Gasteiger partial charge in [0.1, 0.15) is 10.7 Å². The zero-order chi connectivity index (χ0) is 23.9. The van der Waals surface area contributed by atoms with Gasteiger partial charge in [-0.2, -0.15) is 14.5 Å². The standard InChI is InChI=1S/C25H28FN5O2S/c1-3-11-29-17-24(16-27-29)34(32,33)30-12-10-20(13-18(30)2)19-4-9-25-21(14-19)15-28-31(25)23-7-5-22(26)6-8-23/h4-9,14-18,20H,3,10-13H2,1-2H3/t18-,20?/m1/s1. The zero-order valence-corrected chi connectivity index (χ0v) is 20.1. The molecule has 178 valence electrons. The van der Waals surface area contributed by atoms with Gasteiger partial charge < -0.3 is 0 Å². The molecule has 4 aromatic rings. The van der Waals surface area contributed by atoms with Gasteiger partial charge in [0.25, 0.3) is 0 Å². The van der Waals surface area contributed by atoms with E-state index in [4.69, 9.17) is 0 Å². The van der Waals surface area contributed by atoms with Crippen LogP contribution < -0.4 is 0 Å². The van der Waals surface area contributed by atoms with Crippen LogP contribution in [0.15, 0.2) is 66.0 Å². The van der Waals surface area contributed by atoms with Crippen molar-refractivity contribution in [2.75, 3.05) is 6.54 Å². The zero-order valence-electron chi connectivity index (χ0n) is 19.3. The van der Waals surface area contributed by atoms with Crippen LogP contribution in [0.5, 0.6) is 0 Å². The third kappa shape index (κ3) is 4.14. The van der Waals surface area contributed by atoms with E-state index in [0.717, 1.165) is 35.9 Å². The molecule has 5 rings (SSSR count). The summed E-state index contributed by atoms with van der Waals surface area (Å²) in [6.07, 6.45) is 7.31. The van der Waals surface area contributed by atoms with Gasteiger partial charge in [-0.3, -0.25) is 4.68 Å². The van der Waals surface area contributed by atoms with Crippen LogP contribution in [0.2, 0.25) is 0 Å². The molecule has 9 heteroatoms. The number of fused-ring (bicyclic) bond motifs is 1. The number of rotatable bonds is 6. The number of aryl methyl sites for hydroxylation is 1. The number of hydrogen-bond donors (Lipinski definition) is 0. The Bertz CT molecular complexity index is 1410. The molecule has 0 amide bonds. The summed E-state index contributed by atoms with van der Waals surface area (Å²) >= 11 is 0. The minimum atomic E-state index is -3.57. The maximum Gasteiger partial charge on any atom is 0.246 e. The van der Waals surface area contributed by atoms with Crippen LogP contribution in [-0.4, -0.2) is 44.9 Å². The molecule has 0 saturated carbocycles. The Balaban J connectivity index is 1.34. The molecule has 3 heterocycles. The van der Waals surface area contributed by atoms with Crippen molar-refractivity contribution in [1.82, 2.24) is 23.9 Å². The predicted octanol–water partition coefficient (Wildman–Crippen LogP) is 4.73. The van der Waals surface area contributed by atoms with Crippen LogP contribution >= 0.6 is 0 Å². The first-order valence-corrected chi connectivity index (χ1v) is 13.1. The van der Waals surface area contributed by atoms with Crippen molar-refractivity contribution in [2.24, 2.45) is 0 Å². The molecule has 1 aliphatic heterocycles. The minimum Gasteiger partial charge on any atom is -0.271 e. The molecule has 1 aliphatic rings. The number of hydrogen-bond acceptors (Lipinski definition) is 4. The Labute approximate surface area is 198 Å². The van der Waals surface area contributed by atoms with E-state index < -0.39 is 10.0 Å². The van der Waals surface area contributed by atoms with Gasteiger partial charge in [-0.25, -0.2) is 17.5 Å². The van der Waals surface area contributed by atoms with Crippen molar-refractivity contribution in [3.63, 3.8) is 0 Å². The maximum absolute atomic E-state index is 13.3. The highest BCUT2D eigenvalue weighted by Crippen LogP contribution is 2.35. The number of nitrogens with zero attached hydrogens (tertiary/aromatic N) is 5. The fraction of sp³-hybridized carbons (Fsp3) is 0.360. The van der Waals surface area contributed by atoms with Gasteiger partial charge in [0.15, 0.2) is 0 Å². The van der Waals surface area contributed by atoms with Crippen LogP contribution in [0.1, 0.15) is 44.6 Å². The van der Waals surface area contributed by atoms with Crippen LogP contribution in [0.25, 0.3) is 16.6 Å². The molecule has 0 radical (unpaired) electrons. The summed E-state index contributed by atoms with van der Waals surface area (Å²) in [5.41, 5.74) is 2.94. The molecule has 1 unspecified atom stereocenters. The Morgan fingerprint density at radius 2 is 1.88 bits per heavy atom. The Morgan fingerprint density at radius 3 is 2.62 bits per heavy atom. The summed E-state index contributed by atoms with van der Waals surface area (Å²) in [5, 5.41) is 9.69. The number of piperidine rings is 1. The molecule has 0 N–H and O–H groups in total. The molecule has 1 saturated heterocycles. The molecular weight excluding hydrogens is 453 g/mol. The third-order valence-electron chi connectivity index (χ3n) is 6.62. The van der Waals surface area contributed by atoms with Gasteiger partial charge in [-0.05, 0) is 74.1 Å². The van der Waals surface area contributed by atoms with Crippen LogP contribution in [0.3, 0.4) is 0 Å². The van der Waals surface area contributed by atoms with E-state index >= 15 is 0 Å². The molecule has 0 bridgehead atoms. The summed E-state index contributed by atoms with van der Waals surface area (Å²) in [7, 11) is -3.57. The smallest absolute Gasteiger partial charge is 0.246 e. The lowest BCUT2D eigenvalue weighted by atomic mass is 9.86. The third-order valence-corrected chi connectivity index (χ3v) is 8.59. The van der Waals surface area contributed by atoms with E-state index in [0.29, 0.717) is 13.1 Å². The molecule has 0 aliphatic carbocycles. The number of aromatic nitrogens is 4. The first-order chi connectivity index (χ1) is 16.4. The van der Waals surface area contributed by atoms with Gasteiger partial charge in [0.2, 0.25) is 10.0 Å². The van der Waals surface area contributed by atoms with Crippen molar-refractivity contribution >= 4 is 20.9 Å². The summed E-state index contributed by atoms with van der Waals surface area (Å²) in [4.78, 5) is 0.265. The van der Waals surface area contributed by atoms with Crippen LogP contribution in [0.4, 0.5) is 4.39 Å². The van der Waals surface area contributed by atoms with Crippen LogP contribution in [-0.2, 0) is 16.6 Å². The first-order valence-electron chi connectivity index (χ1n) is 11.6. The lowest BCUT2D eigenvalue weighted by molar-refractivity contribution is 0.246. The summed E-state index contributed by atoms with van der Waals surface area (Å²) in [6.45, 7) is 5.19. The van der Waals surface area contributed by atoms with E-state index in [1.165, 1.54) is 23.9 Å². The SMILES string of the molecule is CCCn1cc(S(=O)(=O)N2CCC(c3ccc4c(cnn4-c4ccc(F)cc4)c3)C[C@H]2C)cn1. The first kappa shape index (κ1) is 22.7. The molecule has 2 atom stereocenters. The molecule has 0 spiro atoms. The average Bonchev–Trinajstić information content (AvgIpc) is 3.47. The van der Waals surface area contributed by atoms with Crippen LogP contribution in [0, 0.1) is 5.82 Å². The van der Waals surface area contributed by atoms with Gasteiger partial charge in [-0.1, -0.05) is 13.0 Å². The second-order valence-corrected chi connectivity index (χ2v) is 10.9. The fourth-order valence-corrected chi connectivity index (χ4v) is 6.48. The number of sulfonamides is 1. The second kappa shape index (κ2) is 8.96. The molecule has 2 aromatic carbocycles. The predicted molar refractivity (Wildman–Crippen MR) is 129 cm³/mol. The van der Waals surface area contributed by atoms with E-state index in [9.17, 15) is 12.8 Å². The normalized spacial score (nSPS) is 19.6. The summed E-state index contributed by atoms with van der Waals surface area (Å²) < 4.78 is 44.8. The van der Waals surface area contributed by atoms with E-state index in [-0.39, 0.29) is 22.7 Å².